The number of aryl methyl sites for hydroxylation is 3. The molecule has 0 saturated heterocycles. The van der Waals surface area contributed by atoms with E-state index in [2.05, 4.69) is 69.3 Å². The highest BCUT2D eigenvalue weighted by molar-refractivity contribution is 7.20. The minimum absolute atomic E-state index is 0.834. The molecule has 1 aromatic heterocycles. The summed E-state index contributed by atoms with van der Waals surface area (Å²) in [5.74, 6) is 0. The Balaban J connectivity index is 2.17. The van der Waals surface area contributed by atoms with Gasteiger partial charge in [-0.15, -0.1) is 11.3 Å². The number of thiophene rings is 1. The first-order chi connectivity index (χ1) is 10.0. The molecule has 21 heavy (non-hydrogen) atoms. The zero-order valence-electron chi connectivity index (χ0n) is 12.4. The number of halogens is 1. The van der Waals surface area contributed by atoms with Crippen molar-refractivity contribution in [3.8, 4) is 21.6 Å². The van der Waals surface area contributed by atoms with Crippen LogP contribution >= 0.6 is 22.9 Å². The van der Waals surface area contributed by atoms with Crippen LogP contribution in [0.3, 0.4) is 0 Å². The summed E-state index contributed by atoms with van der Waals surface area (Å²) in [6, 6.07) is 17.3. The number of rotatable bonds is 2. The molecule has 0 spiro atoms. The van der Waals surface area contributed by atoms with Crippen LogP contribution in [0.1, 0.15) is 16.7 Å². The molecule has 0 N–H and O–H groups in total. The lowest BCUT2D eigenvalue weighted by Gasteiger charge is -2.09. The van der Waals surface area contributed by atoms with Crippen molar-refractivity contribution < 1.29 is 0 Å². The molecule has 3 aromatic rings. The van der Waals surface area contributed by atoms with Gasteiger partial charge in [-0.2, -0.15) is 0 Å². The molecule has 1 heterocycles. The van der Waals surface area contributed by atoms with Crippen LogP contribution in [-0.2, 0) is 0 Å². The summed E-state index contributed by atoms with van der Waals surface area (Å²) < 4.78 is 0.834. The van der Waals surface area contributed by atoms with Gasteiger partial charge in [-0.3, -0.25) is 0 Å². The van der Waals surface area contributed by atoms with Crippen molar-refractivity contribution in [2.24, 2.45) is 0 Å². The van der Waals surface area contributed by atoms with Crippen LogP contribution in [0.25, 0.3) is 21.6 Å². The van der Waals surface area contributed by atoms with Crippen molar-refractivity contribution in [2.75, 3.05) is 0 Å². The number of hydrogen-bond acceptors (Lipinski definition) is 1. The Hall–Kier alpha value is -1.57. The lowest BCUT2D eigenvalue weighted by molar-refractivity contribution is 1.38. The van der Waals surface area contributed by atoms with Gasteiger partial charge in [-0.25, -0.2) is 0 Å². The maximum Gasteiger partial charge on any atom is 0.0941 e. The molecule has 0 radical (unpaired) electrons. The van der Waals surface area contributed by atoms with Gasteiger partial charge in [0.15, 0.2) is 0 Å². The van der Waals surface area contributed by atoms with E-state index in [0.29, 0.717) is 0 Å². The van der Waals surface area contributed by atoms with E-state index in [9.17, 15) is 0 Å². The molecular formula is C19H17ClS. The first-order valence-electron chi connectivity index (χ1n) is 6.98. The summed E-state index contributed by atoms with van der Waals surface area (Å²) in [5.41, 5.74) is 7.57. The summed E-state index contributed by atoms with van der Waals surface area (Å²) in [4.78, 5) is 1.24. The molecule has 0 aliphatic carbocycles. The molecule has 0 amide bonds. The molecular weight excluding hydrogens is 296 g/mol. The van der Waals surface area contributed by atoms with Gasteiger partial charge in [0, 0.05) is 10.4 Å². The first-order valence-corrected chi connectivity index (χ1v) is 8.18. The van der Waals surface area contributed by atoms with E-state index in [0.717, 1.165) is 4.34 Å². The standard InChI is InChI=1S/C19H17ClS/c1-12-4-7-15(8-5-12)19-17(11-18(20)21-19)16-9-6-13(2)10-14(16)3/h4-11H,1-3H3. The zero-order chi connectivity index (χ0) is 15.0. The Morgan fingerprint density at radius 3 is 2.10 bits per heavy atom. The molecule has 0 atom stereocenters. The van der Waals surface area contributed by atoms with Crippen molar-refractivity contribution in [3.63, 3.8) is 0 Å². The van der Waals surface area contributed by atoms with Crippen molar-refractivity contribution in [2.45, 2.75) is 20.8 Å². The van der Waals surface area contributed by atoms with Gasteiger partial charge in [0.1, 0.15) is 0 Å². The van der Waals surface area contributed by atoms with E-state index >= 15 is 0 Å². The number of hydrogen-bond donors (Lipinski definition) is 0. The van der Waals surface area contributed by atoms with Crippen LogP contribution in [-0.4, -0.2) is 0 Å². The van der Waals surface area contributed by atoms with Crippen LogP contribution in [0.15, 0.2) is 48.5 Å². The SMILES string of the molecule is Cc1ccc(-c2sc(Cl)cc2-c2ccc(C)cc2C)cc1. The van der Waals surface area contributed by atoms with E-state index in [1.807, 2.05) is 0 Å². The fraction of sp³-hybridized carbons (Fsp3) is 0.158. The quantitative estimate of drug-likeness (QED) is 0.496. The molecule has 0 fully saturated rings. The van der Waals surface area contributed by atoms with Crippen LogP contribution < -0.4 is 0 Å². The fourth-order valence-corrected chi connectivity index (χ4v) is 3.84. The lowest BCUT2D eigenvalue weighted by atomic mass is 9.97. The largest absolute Gasteiger partial charge is 0.123 e. The lowest BCUT2D eigenvalue weighted by Crippen LogP contribution is -1.85. The van der Waals surface area contributed by atoms with Gasteiger partial charge in [-0.1, -0.05) is 65.2 Å². The highest BCUT2D eigenvalue weighted by atomic mass is 35.5. The Bertz CT molecular complexity index is 782. The molecule has 0 saturated carbocycles. The predicted octanol–water partition coefficient (Wildman–Crippen LogP) is 6.66. The predicted molar refractivity (Wildman–Crippen MR) is 94.4 cm³/mol. The molecule has 0 bridgehead atoms. The second-order valence-electron chi connectivity index (χ2n) is 5.48. The highest BCUT2D eigenvalue weighted by Gasteiger charge is 2.13. The molecule has 3 rings (SSSR count). The molecule has 2 aromatic carbocycles. The van der Waals surface area contributed by atoms with E-state index in [1.54, 1.807) is 11.3 Å². The Morgan fingerprint density at radius 2 is 1.43 bits per heavy atom. The molecule has 0 aliphatic rings. The van der Waals surface area contributed by atoms with Crippen LogP contribution in [0, 0.1) is 20.8 Å². The van der Waals surface area contributed by atoms with Gasteiger partial charge < -0.3 is 0 Å². The molecule has 106 valence electrons. The maximum absolute atomic E-state index is 6.30. The zero-order valence-corrected chi connectivity index (χ0v) is 14.0. The van der Waals surface area contributed by atoms with Crippen molar-refractivity contribution >= 4 is 22.9 Å². The highest BCUT2D eigenvalue weighted by Crippen LogP contribution is 2.42. The topological polar surface area (TPSA) is 0 Å². The summed E-state index contributed by atoms with van der Waals surface area (Å²) in [5, 5.41) is 0. The summed E-state index contributed by atoms with van der Waals surface area (Å²) in [6.45, 7) is 6.39. The Kier molecular flexibility index (Phi) is 3.88. The first kappa shape index (κ1) is 14.4. The third-order valence-corrected chi connectivity index (χ3v) is 5.00. The Labute approximate surface area is 135 Å². The summed E-state index contributed by atoms with van der Waals surface area (Å²) in [6.07, 6.45) is 0. The van der Waals surface area contributed by atoms with E-state index in [-0.39, 0.29) is 0 Å². The van der Waals surface area contributed by atoms with Gasteiger partial charge >= 0.3 is 0 Å². The normalized spacial score (nSPS) is 10.9. The van der Waals surface area contributed by atoms with Gasteiger partial charge in [0.05, 0.1) is 4.34 Å². The second kappa shape index (κ2) is 5.67. The smallest absolute Gasteiger partial charge is 0.0941 e. The minimum atomic E-state index is 0.834. The maximum atomic E-state index is 6.30. The van der Waals surface area contributed by atoms with E-state index in [1.165, 1.54) is 38.3 Å². The van der Waals surface area contributed by atoms with Crippen LogP contribution in [0.5, 0.6) is 0 Å². The van der Waals surface area contributed by atoms with Crippen molar-refractivity contribution in [1.29, 1.82) is 0 Å². The van der Waals surface area contributed by atoms with Gasteiger partial charge in [-0.05, 0) is 43.5 Å². The third kappa shape index (κ3) is 2.90. The van der Waals surface area contributed by atoms with Gasteiger partial charge in [0.2, 0.25) is 0 Å². The molecule has 0 aliphatic heterocycles. The van der Waals surface area contributed by atoms with E-state index in [4.69, 9.17) is 11.6 Å². The number of benzene rings is 2. The molecule has 0 nitrogen and oxygen atoms in total. The molecule has 2 heteroatoms. The van der Waals surface area contributed by atoms with Crippen molar-refractivity contribution in [3.05, 3.63) is 69.6 Å². The third-order valence-electron chi connectivity index (χ3n) is 3.69. The van der Waals surface area contributed by atoms with Crippen LogP contribution in [0.2, 0.25) is 4.34 Å². The Morgan fingerprint density at radius 1 is 0.762 bits per heavy atom. The minimum Gasteiger partial charge on any atom is -0.123 e. The second-order valence-corrected chi connectivity index (χ2v) is 7.16. The molecule has 0 unspecified atom stereocenters. The average Bonchev–Trinajstić information content (AvgIpc) is 2.81. The van der Waals surface area contributed by atoms with Crippen molar-refractivity contribution in [1.82, 2.24) is 0 Å². The van der Waals surface area contributed by atoms with E-state index < -0.39 is 0 Å². The van der Waals surface area contributed by atoms with Crippen LogP contribution in [0.4, 0.5) is 0 Å². The monoisotopic (exact) mass is 312 g/mol. The summed E-state index contributed by atoms with van der Waals surface area (Å²) in [7, 11) is 0. The fourth-order valence-electron chi connectivity index (χ4n) is 2.60. The average molecular weight is 313 g/mol. The summed E-state index contributed by atoms with van der Waals surface area (Å²) >= 11 is 7.95. The van der Waals surface area contributed by atoms with Gasteiger partial charge in [0.25, 0.3) is 0 Å².